The Bertz CT molecular complexity index is 364. The second-order valence-electron chi connectivity index (χ2n) is 2.75. The summed E-state index contributed by atoms with van der Waals surface area (Å²) in [6.45, 7) is 1.98. The molecular weight excluding hydrogens is 218 g/mol. The smallest absolute Gasteiger partial charge is 0.342 e. The minimum atomic E-state index is -1.09. The zero-order valence-electron chi connectivity index (χ0n) is 8.30. The third-order valence-electron chi connectivity index (χ3n) is 1.77. The number of aromatic nitrogens is 2. The van der Waals surface area contributed by atoms with Gasteiger partial charge in [-0.3, -0.25) is 0 Å². The lowest BCUT2D eigenvalue weighted by Crippen LogP contribution is -2.09. The first-order valence-corrected chi connectivity index (χ1v) is 5.43. The van der Waals surface area contributed by atoms with E-state index in [4.69, 9.17) is 15.9 Å². The fourth-order valence-corrected chi connectivity index (χ4v) is 1.92. The first-order valence-electron chi connectivity index (χ1n) is 4.45. The van der Waals surface area contributed by atoms with Crippen LogP contribution in [0.25, 0.3) is 0 Å². The number of carbonyl (C=O) groups is 1. The van der Waals surface area contributed by atoms with Gasteiger partial charge in [-0.25, -0.2) is 9.48 Å². The third-order valence-corrected chi connectivity index (χ3v) is 2.61. The standard InChI is InChI=1S/C8H13N3O3S/c1-2-15-7-5(8(13)14)6(9)11(10-7)3-4-12/h12H,2-4,9H2,1H3,(H,13,14). The van der Waals surface area contributed by atoms with Crippen LogP contribution in [0.4, 0.5) is 5.82 Å². The van der Waals surface area contributed by atoms with Gasteiger partial charge < -0.3 is 15.9 Å². The molecule has 15 heavy (non-hydrogen) atoms. The molecule has 84 valence electrons. The number of carboxylic acid groups (broad SMARTS) is 1. The number of hydrogen-bond donors (Lipinski definition) is 3. The molecule has 1 rings (SSSR count). The fraction of sp³-hybridized carbons (Fsp3) is 0.500. The molecule has 0 saturated heterocycles. The highest BCUT2D eigenvalue weighted by atomic mass is 32.2. The molecule has 4 N–H and O–H groups in total. The number of nitrogens with zero attached hydrogens (tertiary/aromatic N) is 2. The van der Waals surface area contributed by atoms with Crippen LogP contribution in [0.15, 0.2) is 5.03 Å². The Labute approximate surface area is 91.1 Å². The highest BCUT2D eigenvalue weighted by Gasteiger charge is 2.21. The number of nitrogen functional groups attached to an aromatic ring is 1. The number of carboxylic acids is 1. The van der Waals surface area contributed by atoms with E-state index in [-0.39, 0.29) is 24.5 Å². The maximum atomic E-state index is 10.9. The van der Waals surface area contributed by atoms with Crippen LogP contribution < -0.4 is 5.73 Å². The summed E-state index contributed by atoms with van der Waals surface area (Å²) in [4.78, 5) is 10.9. The van der Waals surface area contributed by atoms with Crippen molar-refractivity contribution in [1.82, 2.24) is 9.78 Å². The molecule has 0 bridgehead atoms. The zero-order valence-corrected chi connectivity index (χ0v) is 9.12. The van der Waals surface area contributed by atoms with Crippen LogP contribution >= 0.6 is 11.8 Å². The molecule has 0 spiro atoms. The largest absolute Gasteiger partial charge is 0.477 e. The summed E-state index contributed by atoms with van der Waals surface area (Å²) in [5.74, 6) is -0.282. The van der Waals surface area contributed by atoms with Crippen molar-refractivity contribution in [3.05, 3.63) is 5.56 Å². The molecule has 1 heterocycles. The number of aliphatic hydroxyl groups excluding tert-OH is 1. The van der Waals surface area contributed by atoms with Crippen LogP contribution in [0.2, 0.25) is 0 Å². The van der Waals surface area contributed by atoms with Crippen molar-refractivity contribution >= 4 is 23.5 Å². The number of rotatable bonds is 5. The molecule has 0 amide bonds. The average molecular weight is 231 g/mol. The first kappa shape index (κ1) is 11.9. The van der Waals surface area contributed by atoms with Crippen molar-refractivity contribution in [3.63, 3.8) is 0 Å². The summed E-state index contributed by atoms with van der Waals surface area (Å²) in [5, 5.41) is 22.1. The second kappa shape index (κ2) is 5.04. The van der Waals surface area contributed by atoms with Gasteiger partial charge in [-0.1, -0.05) is 6.92 Å². The normalized spacial score (nSPS) is 10.5. The van der Waals surface area contributed by atoms with Crippen molar-refractivity contribution in [2.45, 2.75) is 18.5 Å². The Hall–Kier alpha value is -1.21. The monoisotopic (exact) mass is 231 g/mol. The molecule has 6 nitrogen and oxygen atoms in total. The predicted molar refractivity (Wildman–Crippen MR) is 57.1 cm³/mol. The minimum Gasteiger partial charge on any atom is -0.477 e. The Kier molecular flexibility index (Phi) is 3.98. The summed E-state index contributed by atoms with van der Waals surface area (Å²) in [6, 6.07) is 0. The van der Waals surface area contributed by atoms with E-state index in [0.717, 1.165) is 5.75 Å². The number of anilines is 1. The van der Waals surface area contributed by atoms with Gasteiger partial charge in [0.25, 0.3) is 0 Å². The van der Waals surface area contributed by atoms with Crippen LogP contribution in [-0.2, 0) is 6.54 Å². The van der Waals surface area contributed by atoms with Gasteiger partial charge in [0.2, 0.25) is 0 Å². The van der Waals surface area contributed by atoms with Crippen molar-refractivity contribution in [3.8, 4) is 0 Å². The van der Waals surface area contributed by atoms with E-state index in [1.807, 2.05) is 6.92 Å². The zero-order chi connectivity index (χ0) is 11.4. The van der Waals surface area contributed by atoms with E-state index in [0.29, 0.717) is 5.03 Å². The first-order chi connectivity index (χ1) is 7.11. The summed E-state index contributed by atoms with van der Waals surface area (Å²) in [6.07, 6.45) is 0. The molecule has 0 aliphatic carbocycles. The summed E-state index contributed by atoms with van der Waals surface area (Å²) in [7, 11) is 0. The molecule has 0 atom stereocenters. The summed E-state index contributed by atoms with van der Waals surface area (Å²) < 4.78 is 1.31. The fourth-order valence-electron chi connectivity index (χ4n) is 1.16. The van der Waals surface area contributed by atoms with Crippen LogP contribution in [0.1, 0.15) is 17.3 Å². The topological polar surface area (TPSA) is 101 Å². The lowest BCUT2D eigenvalue weighted by molar-refractivity contribution is 0.0694. The highest BCUT2D eigenvalue weighted by Crippen LogP contribution is 2.26. The molecule has 0 aliphatic heterocycles. The van der Waals surface area contributed by atoms with E-state index in [9.17, 15) is 4.79 Å². The summed E-state index contributed by atoms with van der Waals surface area (Å²) >= 11 is 1.32. The van der Waals surface area contributed by atoms with Gasteiger partial charge in [0.15, 0.2) is 0 Å². The maximum absolute atomic E-state index is 10.9. The van der Waals surface area contributed by atoms with Crippen LogP contribution in [0.3, 0.4) is 0 Å². The lowest BCUT2D eigenvalue weighted by Gasteiger charge is -1.99. The molecule has 1 aromatic heterocycles. The highest BCUT2D eigenvalue weighted by molar-refractivity contribution is 7.99. The Morgan fingerprint density at radius 3 is 2.80 bits per heavy atom. The third kappa shape index (κ3) is 2.42. The molecule has 0 radical (unpaired) electrons. The predicted octanol–water partition coefficient (Wildman–Crippen LogP) is 0.268. The number of aliphatic hydroxyl groups is 1. The SMILES string of the molecule is CCSc1nn(CCO)c(N)c1C(=O)O. The van der Waals surface area contributed by atoms with E-state index < -0.39 is 5.97 Å². The van der Waals surface area contributed by atoms with Gasteiger partial charge in [0.1, 0.15) is 16.4 Å². The molecule has 7 heteroatoms. The molecule has 0 unspecified atom stereocenters. The molecular formula is C8H13N3O3S. The van der Waals surface area contributed by atoms with Crippen molar-refractivity contribution in [2.75, 3.05) is 18.1 Å². The van der Waals surface area contributed by atoms with Crippen LogP contribution in [0.5, 0.6) is 0 Å². The Morgan fingerprint density at radius 2 is 2.33 bits per heavy atom. The minimum absolute atomic E-state index is 0.0234. The maximum Gasteiger partial charge on any atom is 0.342 e. The van der Waals surface area contributed by atoms with Gasteiger partial charge >= 0.3 is 5.97 Å². The molecule has 0 fully saturated rings. The van der Waals surface area contributed by atoms with E-state index >= 15 is 0 Å². The lowest BCUT2D eigenvalue weighted by atomic mass is 10.3. The van der Waals surface area contributed by atoms with Crippen LogP contribution in [-0.4, -0.2) is 38.3 Å². The number of nitrogens with two attached hydrogens (primary N) is 1. The van der Waals surface area contributed by atoms with Gasteiger partial charge in [0, 0.05) is 0 Å². The van der Waals surface area contributed by atoms with E-state index in [1.165, 1.54) is 16.4 Å². The number of thioether (sulfide) groups is 1. The van der Waals surface area contributed by atoms with Gasteiger partial charge in [-0.15, -0.1) is 11.8 Å². The van der Waals surface area contributed by atoms with E-state index in [1.54, 1.807) is 0 Å². The van der Waals surface area contributed by atoms with Crippen molar-refractivity contribution in [2.24, 2.45) is 0 Å². The van der Waals surface area contributed by atoms with Gasteiger partial charge in [-0.2, -0.15) is 5.10 Å². The van der Waals surface area contributed by atoms with Crippen LogP contribution in [0, 0.1) is 0 Å². The quantitative estimate of drug-likeness (QED) is 0.629. The average Bonchev–Trinajstić information content (AvgIpc) is 2.45. The Balaban J connectivity index is 3.13. The molecule has 0 aliphatic rings. The van der Waals surface area contributed by atoms with Crippen molar-refractivity contribution in [1.29, 1.82) is 0 Å². The van der Waals surface area contributed by atoms with E-state index in [2.05, 4.69) is 5.10 Å². The van der Waals surface area contributed by atoms with Gasteiger partial charge in [0.05, 0.1) is 13.2 Å². The summed E-state index contributed by atoms with van der Waals surface area (Å²) in [5.41, 5.74) is 5.64. The molecule has 1 aromatic rings. The molecule has 0 saturated carbocycles. The Morgan fingerprint density at radius 1 is 1.67 bits per heavy atom. The molecule has 0 aromatic carbocycles. The van der Waals surface area contributed by atoms with Gasteiger partial charge in [-0.05, 0) is 5.75 Å². The number of aromatic carboxylic acids is 1. The van der Waals surface area contributed by atoms with Crippen molar-refractivity contribution < 1.29 is 15.0 Å². The number of hydrogen-bond acceptors (Lipinski definition) is 5. The second-order valence-corrected chi connectivity index (χ2v) is 4.00.